The van der Waals surface area contributed by atoms with Gasteiger partial charge in [-0.25, -0.2) is 0 Å². The van der Waals surface area contributed by atoms with Crippen molar-refractivity contribution in [2.75, 3.05) is 18.9 Å². The van der Waals surface area contributed by atoms with Crippen molar-refractivity contribution in [1.82, 2.24) is 5.32 Å². The average Bonchev–Trinajstić information content (AvgIpc) is 2.64. The molecule has 0 aliphatic carbocycles. The van der Waals surface area contributed by atoms with Crippen molar-refractivity contribution in [3.63, 3.8) is 0 Å². The van der Waals surface area contributed by atoms with Crippen molar-refractivity contribution in [3.8, 4) is 11.5 Å². The van der Waals surface area contributed by atoms with Crippen LogP contribution in [0, 0.1) is 0 Å². The monoisotopic (exact) mass is 343 g/mol. The molecular formula is C19H21NO3S. The first-order valence-corrected chi connectivity index (χ1v) is 9.13. The summed E-state index contributed by atoms with van der Waals surface area (Å²) in [7, 11) is 0. The van der Waals surface area contributed by atoms with E-state index in [4.69, 9.17) is 9.47 Å². The summed E-state index contributed by atoms with van der Waals surface area (Å²) in [5.41, 5.74) is 0. The van der Waals surface area contributed by atoms with Crippen LogP contribution < -0.4 is 14.8 Å². The predicted molar refractivity (Wildman–Crippen MR) is 95.8 cm³/mol. The Morgan fingerprint density at radius 3 is 2.67 bits per heavy atom. The topological polar surface area (TPSA) is 47.6 Å². The quantitative estimate of drug-likeness (QED) is 0.617. The lowest BCUT2D eigenvalue weighted by molar-refractivity contribution is -0.121. The third-order valence-electron chi connectivity index (χ3n) is 3.65. The van der Waals surface area contributed by atoms with Crippen LogP contribution in [0.3, 0.4) is 0 Å². The van der Waals surface area contributed by atoms with E-state index in [1.165, 1.54) is 4.90 Å². The first kappa shape index (κ1) is 16.7. The van der Waals surface area contributed by atoms with Gasteiger partial charge in [-0.05, 0) is 36.4 Å². The van der Waals surface area contributed by atoms with Gasteiger partial charge in [-0.15, -0.1) is 11.8 Å². The molecule has 1 amide bonds. The SMILES string of the molecule is O=C(CCCSc1ccccc1)NC[C@@H]1COc2ccccc2O1. The summed E-state index contributed by atoms with van der Waals surface area (Å²) in [5, 5.41) is 2.93. The Hall–Kier alpha value is -2.14. The van der Waals surface area contributed by atoms with E-state index in [0.717, 1.165) is 23.7 Å². The third kappa shape index (κ3) is 4.93. The Balaban J connectivity index is 1.32. The fourth-order valence-corrected chi connectivity index (χ4v) is 3.29. The first-order chi connectivity index (χ1) is 11.8. The second-order valence-electron chi connectivity index (χ2n) is 5.57. The highest BCUT2D eigenvalue weighted by atomic mass is 32.2. The zero-order valence-electron chi connectivity index (χ0n) is 13.4. The van der Waals surface area contributed by atoms with E-state index in [0.29, 0.717) is 19.6 Å². The van der Waals surface area contributed by atoms with Gasteiger partial charge in [-0.3, -0.25) is 4.79 Å². The maximum Gasteiger partial charge on any atom is 0.220 e. The number of fused-ring (bicyclic) bond motifs is 1. The van der Waals surface area contributed by atoms with Gasteiger partial charge in [-0.1, -0.05) is 30.3 Å². The normalized spacial score (nSPS) is 15.8. The number of ether oxygens (including phenoxy) is 2. The van der Waals surface area contributed by atoms with E-state index in [-0.39, 0.29) is 12.0 Å². The Labute approximate surface area is 146 Å². The van der Waals surface area contributed by atoms with E-state index in [9.17, 15) is 4.79 Å². The van der Waals surface area contributed by atoms with Crippen molar-refractivity contribution in [2.45, 2.75) is 23.8 Å². The highest BCUT2D eigenvalue weighted by Crippen LogP contribution is 2.30. The molecular weight excluding hydrogens is 322 g/mol. The Morgan fingerprint density at radius 2 is 1.83 bits per heavy atom. The van der Waals surface area contributed by atoms with Crippen molar-refractivity contribution in [1.29, 1.82) is 0 Å². The molecule has 1 heterocycles. The number of thioether (sulfide) groups is 1. The van der Waals surface area contributed by atoms with Crippen LogP contribution in [0.4, 0.5) is 0 Å². The molecule has 0 unspecified atom stereocenters. The van der Waals surface area contributed by atoms with Gasteiger partial charge in [0.25, 0.3) is 0 Å². The van der Waals surface area contributed by atoms with Crippen LogP contribution >= 0.6 is 11.8 Å². The minimum absolute atomic E-state index is 0.0612. The van der Waals surface area contributed by atoms with Gasteiger partial charge in [0.1, 0.15) is 12.7 Å². The predicted octanol–water partition coefficient (Wildman–Crippen LogP) is 3.52. The van der Waals surface area contributed by atoms with Crippen LogP contribution in [-0.4, -0.2) is 30.9 Å². The van der Waals surface area contributed by atoms with E-state index < -0.39 is 0 Å². The molecule has 1 atom stereocenters. The number of hydrogen-bond acceptors (Lipinski definition) is 4. The number of hydrogen-bond donors (Lipinski definition) is 1. The molecule has 3 rings (SSSR count). The molecule has 0 saturated heterocycles. The molecule has 4 nitrogen and oxygen atoms in total. The minimum Gasteiger partial charge on any atom is -0.486 e. The fourth-order valence-electron chi connectivity index (χ4n) is 2.42. The maximum atomic E-state index is 11.9. The molecule has 0 bridgehead atoms. The lowest BCUT2D eigenvalue weighted by Crippen LogP contribution is -2.40. The molecule has 1 aliphatic heterocycles. The second-order valence-corrected chi connectivity index (χ2v) is 6.74. The minimum atomic E-state index is -0.137. The summed E-state index contributed by atoms with van der Waals surface area (Å²) < 4.78 is 11.5. The summed E-state index contributed by atoms with van der Waals surface area (Å²) in [5.74, 6) is 2.50. The largest absolute Gasteiger partial charge is 0.486 e. The standard InChI is InChI=1S/C19H21NO3S/c21-19(11-6-12-24-16-7-2-1-3-8-16)20-13-15-14-22-17-9-4-5-10-18(17)23-15/h1-5,7-10,15H,6,11-14H2,(H,20,21)/t15-/m1/s1. The lowest BCUT2D eigenvalue weighted by atomic mass is 10.2. The van der Waals surface area contributed by atoms with Crippen LogP contribution in [0.2, 0.25) is 0 Å². The molecule has 24 heavy (non-hydrogen) atoms. The molecule has 0 fully saturated rings. The Morgan fingerprint density at radius 1 is 1.08 bits per heavy atom. The van der Waals surface area contributed by atoms with Crippen molar-refractivity contribution in [3.05, 3.63) is 54.6 Å². The second kappa shape index (κ2) is 8.64. The van der Waals surface area contributed by atoms with Crippen molar-refractivity contribution < 1.29 is 14.3 Å². The number of benzene rings is 2. The smallest absolute Gasteiger partial charge is 0.220 e. The molecule has 0 aromatic heterocycles. The van der Waals surface area contributed by atoms with Crippen LogP contribution in [0.15, 0.2) is 59.5 Å². The number of amides is 1. The molecule has 2 aromatic carbocycles. The summed E-state index contributed by atoms with van der Waals surface area (Å²) in [4.78, 5) is 13.2. The summed E-state index contributed by atoms with van der Waals surface area (Å²) in [6.45, 7) is 0.931. The summed E-state index contributed by atoms with van der Waals surface area (Å²) in [6, 6.07) is 17.8. The zero-order valence-corrected chi connectivity index (χ0v) is 14.3. The highest BCUT2D eigenvalue weighted by molar-refractivity contribution is 7.99. The van der Waals surface area contributed by atoms with Crippen LogP contribution in [0.1, 0.15) is 12.8 Å². The molecule has 1 aliphatic rings. The van der Waals surface area contributed by atoms with Gasteiger partial charge in [0.2, 0.25) is 5.91 Å². The maximum absolute atomic E-state index is 11.9. The van der Waals surface area contributed by atoms with Crippen LogP contribution in [-0.2, 0) is 4.79 Å². The molecule has 5 heteroatoms. The van der Waals surface area contributed by atoms with Gasteiger partial charge < -0.3 is 14.8 Å². The van der Waals surface area contributed by atoms with Crippen LogP contribution in [0.5, 0.6) is 11.5 Å². The zero-order chi connectivity index (χ0) is 16.6. The number of nitrogens with one attached hydrogen (secondary N) is 1. The highest BCUT2D eigenvalue weighted by Gasteiger charge is 2.20. The molecule has 0 radical (unpaired) electrons. The summed E-state index contributed by atoms with van der Waals surface area (Å²) in [6.07, 6.45) is 1.25. The van der Waals surface area contributed by atoms with Crippen molar-refractivity contribution >= 4 is 17.7 Å². The molecule has 0 saturated carbocycles. The van der Waals surface area contributed by atoms with E-state index in [1.807, 2.05) is 42.5 Å². The number of carbonyl (C=O) groups excluding carboxylic acids is 1. The molecule has 0 spiro atoms. The van der Waals surface area contributed by atoms with Gasteiger partial charge in [0.15, 0.2) is 11.5 Å². The van der Waals surface area contributed by atoms with Gasteiger partial charge in [0.05, 0.1) is 6.54 Å². The molecule has 1 N–H and O–H groups in total. The third-order valence-corrected chi connectivity index (χ3v) is 4.75. The first-order valence-electron chi connectivity index (χ1n) is 8.14. The van der Waals surface area contributed by atoms with Crippen LogP contribution in [0.25, 0.3) is 0 Å². The number of carbonyl (C=O) groups is 1. The van der Waals surface area contributed by atoms with E-state index >= 15 is 0 Å². The van der Waals surface area contributed by atoms with Gasteiger partial charge in [0, 0.05) is 11.3 Å². The molecule has 126 valence electrons. The number of rotatable bonds is 7. The van der Waals surface area contributed by atoms with Gasteiger partial charge >= 0.3 is 0 Å². The van der Waals surface area contributed by atoms with E-state index in [2.05, 4.69) is 17.4 Å². The van der Waals surface area contributed by atoms with E-state index in [1.54, 1.807) is 11.8 Å². The van der Waals surface area contributed by atoms with Gasteiger partial charge in [-0.2, -0.15) is 0 Å². The lowest BCUT2D eigenvalue weighted by Gasteiger charge is -2.26. The Kier molecular flexibility index (Phi) is 6.01. The Bertz CT molecular complexity index is 663. The molecule has 2 aromatic rings. The number of para-hydroxylation sites is 2. The fraction of sp³-hybridized carbons (Fsp3) is 0.316. The average molecular weight is 343 g/mol. The van der Waals surface area contributed by atoms with Crippen molar-refractivity contribution in [2.24, 2.45) is 0 Å². The summed E-state index contributed by atoms with van der Waals surface area (Å²) >= 11 is 1.78.